The van der Waals surface area contributed by atoms with Crippen LogP contribution in [0.2, 0.25) is 5.02 Å². The molecule has 0 fully saturated rings. The van der Waals surface area contributed by atoms with Gasteiger partial charge in [-0.05, 0) is 43.3 Å². The van der Waals surface area contributed by atoms with Crippen molar-refractivity contribution in [3.8, 4) is 11.4 Å². The summed E-state index contributed by atoms with van der Waals surface area (Å²) < 4.78 is 6.85. The molecule has 0 saturated carbocycles. The summed E-state index contributed by atoms with van der Waals surface area (Å²) in [7, 11) is 0. The van der Waals surface area contributed by atoms with Crippen LogP contribution in [0.25, 0.3) is 16.6 Å². The number of hydrogen-bond acceptors (Lipinski definition) is 5. The molecule has 0 aliphatic carbocycles. The quantitative estimate of drug-likeness (QED) is 0.711. The zero-order chi connectivity index (χ0) is 18.8. The maximum Gasteiger partial charge on any atom is 0.360 e. The van der Waals surface area contributed by atoms with Crippen LogP contribution in [-0.4, -0.2) is 38.7 Å². The Labute approximate surface area is 153 Å². The minimum Gasteiger partial charge on any atom is -0.490 e. The second-order valence-corrected chi connectivity index (χ2v) is 6.12. The molecule has 7 nitrogen and oxygen atoms in total. The zero-order valence-electron chi connectivity index (χ0n) is 13.7. The summed E-state index contributed by atoms with van der Waals surface area (Å²) in [6, 6.07) is 11.4. The molecule has 2 N–H and O–H groups in total. The predicted molar refractivity (Wildman–Crippen MR) is 96.5 cm³/mol. The first kappa shape index (κ1) is 17.9. The zero-order valence-corrected chi connectivity index (χ0v) is 14.5. The SMILES string of the molecule is CC(O)COc1cccc2c1c(=O)c(C(=O)O)nn2-c1ccc(Cl)cc1. The second kappa shape index (κ2) is 7.15. The Morgan fingerprint density at radius 1 is 1.27 bits per heavy atom. The number of nitrogens with zero attached hydrogens (tertiary/aromatic N) is 2. The van der Waals surface area contributed by atoms with Crippen molar-refractivity contribution in [2.75, 3.05) is 6.61 Å². The van der Waals surface area contributed by atoms with E-state index in [2.05, 4.69) is 5.10 Å². The van der Waals surface area contributed by atoms with Crippen molar-refractivity contribution in [2.24, 2.45) is 0 Å². The van der Waals surface area contributed by atoms with Crippen molar-refractivity contribution in [3.63, 3.8) is 0 Å². The summed E-state index contributed by atoms with van der Waals surface area (Å²) in [6.45, 7) is 1.51. The largest absolute Gasteiger partial charge is 0.490 e. The van der Waals surface area contributed by atoms with Gasteiger partial charge in [0, 0.05) is 5.02 Å². The van der Waals surface area contributed by atoms with Crippen molar-refractivity contribution in [1.82, 2.24) is 9.78 Å². The first-order chi connectivity index (χ1) is 12.4. The van der Waals surface area contributed by atoms with Crippen LogP contribution in [0.1, 0.15) is 17.4 Å². The lowest BCUT2D eigenvalue weighted by molar-refractivity contribution is 0.0687. The number of aromatic nitrogens is 2. The van der Waals surface area contributed by atoms with E-state index in [-0.39, 0.29) is 17.7 Å². The lowest BCUT2D eigenvalue weighted by Crippen LogP contribution is -2.23. The molecule has 2 aromatic carbocycles. The van der Waals surface area contributed by atoms with E-state index in [1.54, 1.807) is 49.4 Å². The number of aliphatic hydroxyl groups is 1. The van der Waals surface area contributed by atoms with Gasteiger partial charge < -0.3 is 14.9 Å². The molecule has 3 aromatic rings. The highest BCUT2D eigenvalue weighted by molar-refractivity contribution is 6.30. The maximum absolute atomic E-state index is 12.7. The van der Waals surface area contributed by atoms with Crippen LogP contribution >= 0.6 is 11.6 Å². The third-order valence-electron chi connectivity index (χ3n) is 3.63. The topological polar surface area (TPSA) is 102 Å². The minimum absolute atomic E-state index is 0.0375. The van der Waals surface area contributed by atoms with Crippen LogP contribution in [0.15, 0.2) is 47.3 Å². The fraction of sp³-hybridized carbons (Fsp3) is 0.167. The number of aliphatic hydroxyl groups excluding tert-OH is 1. The number of rotatable bonds is 5. The maximum atomic E-state index is 12.7. The number of ether oxygens (including phenoxy) is 1. The molecule has 1 aromatic heterocycles. The van der Waals surface area contributed by atoms with Crippen LogP contribution in [0, 0.1) is 0 Å². The van der Waals surface area contributed by atoms with Crippen molar-refractivity contribution < 1.29 is 19.7 Å². The van der Waals surface area contributed by atoms with E-state index in [1.807, 2.05) is 0 Å². The molecule has 0 radical (unpaired) electrons. The van der Waals surface area contributed by atoms with Gasteiger partial charge in [-0.1, -0.05) is 17.7 Å². The van der Waals surface area contributed by atoms with E-state index in [0.717, 1.165) is 0 Å². The Kier molecular flexibility index (Phi) is 4.92. The number of benzene rings is 2. The fourth-order valence-electron chi connectivity index (χ4n) is 2.49. The normalized spacial score (nSPS) is 12.1. The van der Waals surface area contributed by atoms with Crippen molar-refractivity contribution >= 4 is 28.5 Å². The number of aromatic carboxylic acids is 1. The number of carboxylic acid groups (broad SMARTS) is 1. The summed E-state index contributed by atoms with van der Waals surface area (Å²) >= 11 is 5.90. The summed E-state index contributed by atoms with van der Waals surface area (Å²) in [5.41, 5.74) is -0.459. The van der Waals surface area contributed by atoms with Gasteiger partial charge in [0.05, 0.1) is 22.7 Å². The first-order valence-corrected chi connectivity index (χ1v) is 8.12. The highest BCUT2D eigenvalue weighted by atomic mass is 35.5. The highest BCUT2D eigenvalue weighted by Crippen LogP contribution is 2.25. The molecule has 0 saturated heterocycles. The monoisotopic (exact) mass is 374 g/mol. The Hall–Kier alpha value is -2.90. The average molecular weight is 375 g/mol. The molecule has 8 heteroatoms. The standard InChI is InChI=1S/C18H15ClN2O5/c1-10(22)9-26-14-4-2-3-13-15(14)17(23)16(18(24)25)20-21(13)12-7-5-11(19)6-8-12/h2-8,10,22H,9H2,1H3,(H,24,25). The molecular formula is C18H15ClN2O5. The average Bonchev–Trinajstić information content (AvgIpc) is 2.60. The molecule has 0 spiro atoms. The Morgan fingerprint density at radius 3 is 2.58 bits per heavy atom. The summed E-state index contributed by atoms with van der Waals surface area (Å²) in [5, 5.41) is 23.4. The third-order valence-corrected chi connectivity index (χ3v) is 3.88. The van der Waals surface area contributed by atoms with Gasteiger partial charge in [-0.25, -0.2) is 9.48 Å². The molecule has 1 atom stereocenters. The van der Waals surface area contributed by atoms with E-state index < -0.39 is 23.2 Å². The number of carbonyl (C=O) groups is 1. The Morgan fingerprint density at radius 2 is 1.96 bits per heavy atom. The molecule has 1 unspecified atom stereocenters. The summed E-state index contributed by atoms with van der Waals surface area (Å²) in [6.07, 6.45) is -0.746. The van der Waals surface area contributed by atoms with E-state index in [0.29, 0.717) is 16.2 Å². The molecule has 0 aliphatic rings. The lowest BCUT2D eigenvalue weighted by Gasteiger charge is -2.14. The number of hydrogen-bond donors (Lipinski definition) is 2. The predicted octanol–water partition coefficient (Wildman–Crippen LogP) is 2.50. The molecule has 0 amide bonds. The van der Waals surface area contributed by atoms with Crippen molar-refractivity contribution in [1.29, 1.82) is 0 Å². The molecule has 1 heterocycles. The van der Waals surface area contributed by atoms with Gasteiger partial charge in [-0.15, -0.1) is 0 Å². The van der Waals surface area contributed by atoms with Crippen molar-refractivity contribution in [2.45, 2.75) is 13.0 Å². The van der Waals surface area contributed by atoms with Crippen LogP contribution in [-0.2, 0) is 0 Å². The first-order valence-electron chi connectivity index (χ1n) is 7.74. The smallest absolute Gasteiger partial charge is 0.360 e. The third kappa shape index (κ3) is 3.40. The van der Waals surface area contributed by atoms with Gasteiger partial charge in [-0.2, -0.15) is 5.10 Å². The van der Waals surface area contributed by atoms with Gasteiger partial charge in [0.2, 0.25) is 11.1 Å². The Bertz CT molecular complexity index is 1030. The second-order valence-electron chi connectivity index (χ2n) is 5.68. The van der Waals surface area contributed by atoms with Gasteiger partial charge in [0.1, 0.15) is 12.4 Å². The van der Waals surface area contributed by atoms with E-state index in [9.17, 15) is 19.8 Å². The molecule has 0 bridgehead atoms. The van der Waals surface area contributed by atoms with Gasteiger partial charge in [0.15, 0.2) is 0 Å². The number of carboxylic acids is 1. The van der Waals surface area contributed by atoms with Crippen LogP contribution in [0.4, 0.5) is 0 Å². The fourth-order valence-corrected chi connectivity index (χ4v) is 2.62. The molecular weight excluding hydrogens is 360 g/mol. The summed E-state index contributed by atoms with van der Waals surface area (Å²) in [5.74, 6) is -1.26. The molecule has 134 valence electrons. The van der Waals surface area contributed by atoms with Gasteiger partial charge in [-0.3, -0.25) is 4.79 Å². The van der Waals surface area contributed by atoms with Gasteiger partial charge in [0.25, 0.3) is 0 Å². The van der Waals surface area contributed by atoms with Gasteiger partial charge >= 0.3 is 5.97 Å². The number of fused-ring (bicyclic) bond motifs is 1. The molecule has 0 aliphatic heterocycles. The summed E-state index contributed by atoms with van der Waals surface area (Å²) in [4.78, 5) is 24.2. The highest BCUT2D eigenvalue weighted by Gasteiger charge is 2.20. The van der Waals surface area contributed by atoms with Crippen LogP contribution in [0.5, 0.6) is 5.75 Å². The number of halogens is 1. The van der Waals surface area contributed by atoms with Crippen molar-refractivity contribution in [3.05, 3.63) is 63.4 Å². The van der Waals surface area contributed by atoms with E-state index in [1.165, 1.54) is 4.68 Å². The Balaban J connectivity index is 2.33. The molecule has 26 heavy (non-hydrogen) atoms. The molecule has 3 rings (SSSR count). The van der Waals surface area contributed by atoms with E-state index >= 15 is 0 Å². The van der Waals surface area contributed by atoms with E-state index in [4.69, 9.17) is 16.3 Å². The van der Waals surface area contributed by atoms with Crippen LogP contribution in [0.3, 0.4) is 0 Å². The minimum atomic E-state index is -1.44. The van der Waals surface area contributed by atoms with Crippen LogP contribution < -0.4 is 10.2 Å². The lowest BCUT2D eigenvalue weighted by atomic mass is 10.1.